The number of H-pyrrole nitrogens is 1. The molecule has 106 valence electrons. The van der Waals surface area contributed by atoms with E-state index >= 15 is 0 Å². The molecule has 2 heterocycles. The zero-order valence-electron chi connectivity index (χ0n) is 12.2. The minimum Gasteiger partial charge on any atom is -0.392 e. The van der Waals surface area contributed by atoms with Gasteiger partial charge in [0, 0.05) is 22.7 Å². The van der Waals surface area contributed by atoms with Gasteiger partial charge in [0.2, 0.25) is 0 Å². The molecule has 1 aliphatic rings. The van der Waals surface area contributed by atoms with E-state index in [1.807, 2.05) is 50.3 Å². The molecule has 0 amide bonds. The Hall–Kier alpha value is -2.39. The highest BCUT2D eigenvalue weighted by Crippen LogP contribution is 2.30. The first-order valence-corrected chi connectivity index (χ1v) is 7.01. The van der Waals surface area contributed by atoms with Gasteiger partial charge in [-0.3, -0.25) is 4.99 Å². The van der Waals surface area contributed by atoms with Crippen molar-refractivity contribution in [2.45, 2.75) is 20.5 Å². The summed E-state index contributed by atoms with van der Waals surface area (Å²) in [6.45, 7) is 4.10. The molecule has 21 heavy (non-hydrogen) atoms. The van der Waals surface area contributed by atoms with Crippen LogP contribution >= 0.6 is 0 Å². The standard InChI is InChI=1S/C18H18N2O/c1-12-3-9-16(19-12)18(17-10-4-13(2)20-17)15-7-5-14(11-21)6-8-15/h3-10,19,21H,11H2,1-2H3/b18-17+. The maximum Gasteiger partial charge on any atom is 0.0732 e. The molecule has 0 spiro atoms. The molecule has 0 saturated heterocycles. The molecular weight excluding hydrogens is 260 g/mol. The number of benzene rings is 1. The number of allylic oxidation sites excluding steroid dienone is 2. The Morgan fingerprint density at radius 3 is 2.33 bits per heavy atom. The third-order valence-corrected chi connectivity index (χ3v) is 3.56. The van der Waals surface area contributed by atoms with Crippen LogP contribution in [-0.2, 0) is 6.61 Å². The third kappa shape index (κ3) is 2.73. The molecule has 0 atom stereocenters. The van der Waals surface area contributed by atoms with Gasteiger partial charge in [0.1, 0.15) is 0 Å². The van der Waals surface area contributed by atoms with Crippen molar-refractivity contribution in [3.05, 3.63) is 76.8 Å². The monoisotopic (exact) mass is 278 g/mol. The Balaban J connectivity index is 2.15. The van der Waals surface area contributed by atoms with E-state index in [2.05, 4.69) is 22.1 Å². The highest BCUT2D eigenvalue weighted by molar-refractivity contribution is 5.99. The van der Waals surface area contributed by atoms with Crippen molar-refractivity contribution in [3.63, 3.8) is 0 Å². The number of aromatic amines is 1. The van der Waals surface area contributed by atoms with Crippen LogP contribution in [0.1, 0.15) is 29.4 Å². The van der Waals surface area contributed by atoms with E-state index < -0.39 is 0 Å². The summed E-state index contributed by atoms with van der Waals surface area (Å²) in [5.41, 5.74) is 7.24. The zero-order valence-corrected chi connectivity index (χ0v) is 12.2. The third-order valence-electron chi connectivity index (χ3n) is 3.56. The first kappa shape index (κ1) is 13.6. The van der Waals surface area contributed by atoms with Crippen LogP contribution in [0.5, 0.6) is 0 Å². The molecule has 0 saturated carbocycles. The second-order valence-electron chi connectivity index (χ2n) is 5.26. The van der Waals surface area contributed by atoms with Gasteiger partial charge >= 0.3 is 0 Å². The van der Waals surface area contributed by atoms with Crippen LogP contribution in [-0.4, -0.2) is 15.8 Å². The van der Waals surface area contributed by atoms with Crippen molar-refractivity contribution in [1.29, 1.82) is 0 Å². The number of hydrogen-bond donors (Lipinski definition) is 2. The van der Waals surface area contributed by atoms with E-state index in [1.165, 1.54) is 0 Å². The summed E-state index contributed by atoms with van der Waals surface area (Å²) in [5.74, 6) is 0. The van der Waals surface area contributed by atoms with Gasteiger partial charge < -0.3 is 10.1 Å². The fourth-order valence-corrected chi connectivity index (χ4v) is 2.47. The molecule has 2 N–H and O–H groups in total. The maximum atomic E-state index is 9.18. The van der Waals surface area contributed by atoms with E-state index in [1.54, 1.807) is 0 Å². The average molecular weight is 278 g/mol. The molecule has 1 aliphatic heterocycles. The highest BCUT2D eigenvalue weighted by Gasteiger charge is 2.14. The molecular formula is C18H18N2O. The Kier molecular flexibility index (Phi) is 3.59. The Bertz CT molecular complexity index is 746. The van der Waals surface area contributed by atoms with E-state index in [9.17, 15) is 5.11 Å². The van der Waals surface area contributed by atoms with E-state index in [0.29, 0.717) is 0 Å². The van der Waals surface area contributed by atoms with Crippen molar-refractivity contribution in [1.82, 2.24) is 4.98 Å². The maximum absolute atomic E-state index is 9.18. The molecule has 2 aromatic rings. The van der Waals surface area contributed by atoms with Crippen LogP contribution in [0.25, 0.3) is 5.57 Å². The van der Waals surface area contributed by atoms with Gasteiger partial charge in [-0.25, -0.2) is 0 Å². The number of aliphatic hydroxyl groups is 1. The molecule has 0 unspecified atom stereocenters. The minimum atomic E-state index is 0.0605. The summed E-state index contributed by atoms with van der Waals surface area (Å²) in [6.07, 6.45) is 4.06. The largest absolute Gasteiger partial charge is 0.392 e. The number of aliphatic imine (C=N–C) groups is 1. The molecule has 3 nitrogen and oxygen atoms in total. The van der Waals surface area contributed by atoms with Gasteiger partial charge in [0.15, 0.2) is 0 Å². The van der Waals surface area contributed by atoms with Crippen molar-refractivity contribution >= 4 is 11.3 Å². The molecule has 3 rings (SSSR count). The van der Waals surface area contributed by atoms with Crippen molar-refractivity contribution in [3.8, 4) is 0 Å². The Morgan fingerprint density at radius 1 is 1.05 bits per heavy atom. The number of nitrogens with one attached hydrogen (secondary N) is 1. The number of aliphatic hydroxyl groups excluding tert-OH is 1. The van der Waals surface area contributed by atoms with Crippen LogP contribution in [0.15, 0.2) is 59.2 Å². The first-order valence-electron chi connectivity index (χ1n) is 7.01. The van der Waals surface area contributed by atoms with Gasteiger partial charge in [-0.05, 0) is 49.3 Å². The summed E-state index contributed by atoms with van der Waals surface area (Å²) in [6, 6.07) is 12.1. The molecule has 0 fully saturated rings. The van der Waals surface area contributed by atoms with Gasteiger partial charge in [-0.1, -0.05) is 24.3 Å². The van der Waals surface area contributed by atoms with Crippen LogP contribution in [0, 0.1) is 6.92 Å². The highest BCUT2D eigenvalue weighted by atomic mass is 16.3. The van der Waals surface area contributed by atoms with E-state index in [0.717, 1.165) is 39.5 Å². The van der Waals surface area contributed by atoms with Crippen molar-refractivity contribution < 1.29 is 5.11 Å². The SMILES string of the molecule is CC1=N/C(=C(\c2ccc(CO)cc2)c2ccc(C)[nH]2)C=C1. The first-order chi connectivity index (χ1) is 10.2. The van der Waals surface area contributed by atoms with Gasteiger partial charge in [0.25, 0.3) is 0 Å². The van der Waals surface area contributed by atoms with Crippen molar-refractivity contribution in [2.24, 2.45) is 4.99 Å². The normalized spacial score (nSPS) is 16.2. The van der Waals surface area contributed by atoms with Gasteiger partial charge in [0.05, 0.1) is 12.3 Å². The van der Waals surface area contributed by atoms with Crippen LogP contribution in [0.3, 0.4) is 0 Å². The topological polar surface area (TPSA) is 48.4 Å². The molecule has 0 radical (unpaired) electrons. The predicted molar refractivity (Wildman–Crippen MR) is 86.2 cm³/mol. The van der Waals surface area contributed by atoms with E-state index in [4.69, 9.17) is 0 Å². The summed E-state index contributed by atoms with van der Waals surface area (Å²) < 4.78 is 0. The number of hydrogen-bond acceptors (Lipinski definition) is 2. The predicted octanol–water partition coefficient (Wildman–Crippen LogP) is 3.61. The second-order valence-corrected chi connectivity index (χ2v) is 5.26. The lowest BCUT2D eigenvalue weighted by Crippen LogP contribution is -1.93. The quantitative estimate of drug-likeness (QED) is 0.885. The smallest absolute Gasteiger partial charge is 0.0732 e. The summed E-state index contributed by atoms with van der Waals surface area (Å²) in [4.78, 5) is 7.99. The summed E-state index contributed by atoms with van der Waals surface area (Å²) >= 11 is 0. The van der Waals surface area contributed by atoms with Crippen molar-refractivity contribution in [2.75, 3.05) is 0 Å². The number of aryl methyl sites for hydroxylation is 1. The van der Waals surface area contributed by atoms with Crippen LogP contribution in [0.2, 0.25) is 0 Å². The summed E-state index contributed by atoms with van der Waals surface area (Å²) in [5, 5.41) is 9.18. The average Bonchev–Trinajstić information content (AvgIpc) is 3.10. The molecule has 0 bridgehead atoms. The Labute approximate surface area is 124 Å². The van der Waals surface area contributed by atoms with Gasteiger partial charge in [-0.15, -0.1) is 0 Å². The fraction of sp³-hybridized carbons (Fsp3) is 0.167. The molecule has 1 aromatic heterocycles. The lowest BCUT2D eigenvalue weighted by atomic mass is 9.99. The van der Waals surface area contributed by atoms with E-state index in [-0.39, 0.29) is 6.61 Å². The Morgan fingerprint density at radius 2 is 1.81 bits per heavy atom. The molecule has 3 heteroatoms. The molecule has 1 aromatic carbocycles. The second kappa shape index (κ2) is 5.54. The van der Waals surface area contributed by atoms with Gasteiger partial charge in [-0.2, -0.15) is 0 Å². The van der Waals surface area contributed by atoms with Crippen LogP contribution in [0.4, 0.5) is 0 Å². The fourth-order valence-electron chi connectivity index (χ4n) is 2.47. The lowest BCUT2D eigenvalue weighted by Gasteiger charge is -2.09. The number of aromatic nitrogens is 1. The molecule has 0 aliphatic carbocycles. The zero-order chi connectivity index (χ0) is 14.8. The van der Waals surface area contributed by atoms with Crippen LogP contribution < -0.4 is 0 Å². The number of rotatable bonds is 3. The number of nitrogens with zero attached hydrogens (tertiary/aromatic N) is 1. The minimum absolute atomic E-state index is 0.0605. The summed E-state index contributed by atoms with van der Waals surface area (Å²) in [7, 11) is 0. The lowest BCUT2D eigenvalue weighted by molar-refractivity contribution is 0.282.